The van der Waals surface area contributed by atoms with Crippen molar-refractivity contribution in [3.05, 3.63) is 0 Å². The summed E-state index contributed by atoms with van der Waals surface area (Å²) in [5.74, 6) is -0.290. The number of rotatable bonds is 2. The maximum absolute atomic E-state index is 10.9. The molecule has 2 unspecified atom stereocenters. The van der Waals surface area contributed by atoms with Gasteiger partial charge in [-0.05, 0) is 30.6 Å². The first-order chi connectivity index (χ1) is 5.96. The molecule has 0 spiro atoms. The summed E-state index contributed by atoms with van der Waals surface area (Å²) in [6, 6.07) is 0. The Labute approximate surface area is 80.3 Å². The zero-order valence-electron chi connectivity index (χ0n) is 8.84. The van der Waals surface area contributed by atoms with Crippen LogP contribution in [0.2, 0.25) is 0 Å². The molecule has 0 aromatic carbocycles. The highest BCUT2D eigenvalue weighted by molar-refractivity contribution is 5.70. The molecule has 0 amide bonds. The molecule has 76 valence electrons. The van der Waals surface area contributed by atoms with Crippen molar-refractivity contribution in [2.75, 3.05) is 0 Å². The van der Waals surface area contributed by atoms with Crippen LogP contribution < -0.4 is 0 Å². The zero-order valence-corrected chi connectivity index (χ0v) is 8.84. The first kappa shape index (κ1) is 10.6. The van der Waals surface area contributed by atoms with E-state index < -0.39 is 5.97 Å². The lowest BCUT2D eigenvalue weighted by molar-refractivity contribution is -0.146. The maximum Gasteiger partial charge on any atom is 0.306 e. The average Bonchev–Trinajstić information content (AvgIpc) is 2.01. The van der Waals surface area contributed by atoms with Gasteiger partial charge in [0.15, 0.2) is 0 Å². The molecule has 1 aliphatic carbocycles. The van der Waals surface area contributed by atoms with Crippen LogP contribution >= 0.6 is 0 Å². The van der Waals surface area contributed by atoms with E-state index in [1.807, 2.05) is 0 Å². The molecule has 2 nitrogen and oxygen atoms in total. The van der Waals surface area contributed by atoms with Crippen LogP contribution in [0.15, 0.2) is 0 Å². The minimum Gasteiger partial charge on any atom is -0.481 e. The van der Waals surface area contributed by atoms with E-state index in [-0.39, 0.29) is 5.92 Å². The van der Waals surface area contributed by atoms with Gasteiger partial charge in [-0.25, -0.2) is 0 Å². The van der Waals surface area contributed by atoms with Crippen LogP contribution in [-0.2, 0) is 4.79 Å². The van der Waals surface area contributed by atoms with E-state index in [1.165, 1.54) is 0 Å². The number of aliphatic carboxylic acids is 1. The van der Waals surface area contributed by atoms with Crippen molar-refractivity contribution < 1.29 is 9.90 Å². The fourth-order valence-corrected chi connectivity index (χ4v) is 2.49. The van der Waals surface area contributed by atoms with Crippen LogP contribution in [0.4, 0.5) is 0 Å². The van der Waals surface area contributed by atoms with Gasteiger partial charge in [0.1, 0.15) is 0 Å². The van der Waals surface area contributed by atoms with Crippen LogP contribution in [0.3, 0.4) is 0 Å². The van der Waals surface area contributed by atoms with Crippen molar-refractivity contribution in [2.24, 2.45) is 17.3 Å². The predicted octanol–water partition coefficient (Wildman–Crippen LogP) is 2.92. The lowest BCUT2D eigenvalue weighted by Gasteiger charge is -2.38. The van der Waals surface area contributed by atoms with Crippen LogP contribution in [0.1, 0.15) is 46.5 Å². The predicted molar refractivity (Wildman–Crippen MR) is 52.5 cm³/mol. The van der Waals surface area contributed by atoms with Crippen molar-refractivity contribution in [1.82, 2.24) is 0 Å². The van der Waals surface area contributed by atoms with Crippen molar-refractivity contribution >= 4 is 5.97 Å². The molecule has 2 atom stereocenters. The van der Waals surface area contributed by atoms with Gasteiger partial charge in [0.2, 0.25) is 0 Å². The van der Waals surface area contributed by atoms with E-state index in [4.69, 9.17) is 5.11 Å². The molecule has 0 aromatic heterocycles. The van der Waals surface area contributed by atoms with Crippen LogP contribution in [-0.4, -0.2) is 11.1 Å². The van der Waals surface area contributed by atoms with E-state index in [0.29, 0.717) is 11.3 Å². The van der Waals surface area contributed by atoms with Crippen molar-refractivity contribution in [3.8, 4) is 0 Å². The zero-order chi connectivity index (χ0) is 10.1. The molecule has 0 radical (unpaired) electrons. The highest BCUT2D eigenvalue weighted by atomic mass is 16.4. The standard InChI is InChI=1S/C11H20O2/c1-4-8-7-11(2,3)6-5-9(8)10(12)13/h8-9H,4-7H2,1-3H3,(H,12,13). The molecule has 0 saturated heterocycles. The molecule has 0 bridgehead atoms. The molecule has 1 aliphatic rings. The summed E-state index contributed by atoms with van der Waals surface area (Å²) >= 11 is 0. The van der Waals surface area contributed by atoms with E-state index in [9.17, 15) is 4.79 Å². The molecular weight excluding hydrogens is 164 g/mol. The third-order valence-corrected chi connectivity index (χ3v) is 3.36. The Morgan fingerprint density at radius 3 is 2.62 bits per heavy atom. The van der Waals surface area contributed by atoms with Crippen molar-refractivity contribution in [3.63, 3.8) is 0 Å². The Morgan fingerprint density at radius 1 is 1.54 bits per heavy atom. The van der Waals surface area contributed by atoms with Gasteiger partial charge in [0.05, 0.1) is 5.92 Å². The third kappa shape index (κ3) is 2.45. The number of hydrogen-bond donors (Lipinski definition) is 1. The van der Waals surface area contributed by atoms with Crippen LogP contribution in [0.5, 0.6) is 0 Å². The second kappa shape index (κ2) is 3.69. The van der Waals surface area contributed by atoms with Gasteiger partial charge in [-0.3, -0.25) is 4.79 Å². The third-order valence-electron chi connectivity index (χ3n) is 3.36. The lowest BCUT2D eigenvalue weighted by Crippen LogP contribution is -2.33. The van der Waals surface area contributed by atoms with Crippen LogP contribution in [0, 0.1) is 17.3 Å². The van der Waals surface area contributed by atoms with E-state index in [2.05, 4.69) is 20.8 Å². The fraction of sp³-hybridized carbons (Fsp3) is 0.909. The summed E-state index contributed by atoms with van der Waals surface area (Å²) in [5.41, 5.74) is 0.354. The van der Waals surface area contributed by atoms with Gasteiger partial charge < -0.3 is 5.11 Å². The largest absolute Gasteiger partial charge is 0.481 e. The Morgan fingerprint density at radius 2 is 2.15 bits per heavy atom. The van der Waals surface area contributed by atoms with Crippen molar-refractivity contribution in [2.45, 2.75) is 46.5 Å². The van der Waals surface area contributed by atoms with Crippen LogP contribution in [0.25, 0.3) is 0 Å². The minimum atomic E-state index is -0.595. The highest BCUT2D eigenvalue weighted by Crippen LogP contribution is 2.43. The first-order valence-corrected chi connectivity index (χ1v) is 5.19. The smallest absolute Gasteiger partial charge is 0.306 e. The SMILES string of the molecule is CCC1CC(C)(C)CCC1C(=O)O. The normalized spacial score (nSPS) is 32.8. The maximum atomic E-state index is 10.9. The van der Waals surface area contributed by atoms with Gasteiger partial charge in [0, 0.05) is 0 Å². The molecule has 1 saturated carbocycles. The van der Waals surface area contributed by atoms with E-state index >= 15 is 0 Å². The molecule has 0 heterocycles. The Balaban J connectivity index is 2.66. The fourth-order valence-electron chi connectivity index (χ4n) is 2.49. The van der Waals surface area contributed by atoms with E-state index in [1.54, 1.807) is 0 Å². The molecule has 0 aromatic rings. The summed E-state index contributed by atoms with van der Waals surface area (Å²) in [5, 5.41) is 9.01. The van der Waals surface area contributed by atoms with Gasteiger partial charge in [0.25, 0.3) is 0 Å². The van der Waals surface area contributed by atoms with Gasteiger partial charge in [-0.15, -0.1) is 0 Å². The summed E-state index contributed by atoms with van der Waals surface area (Å²) in [6.45, 7) is 6.59. The summed E-state index contributed by atoms with van der Waals surface area (Å²) < 4.78 is 0. The monoisotopic (exact) mass is 184 g/mol. The summed E-state index contributed by atoms with van der Waals surface area (Å²) in [6.07, 6.45) is 3.99. The van der Waals surface area contributed by atoms with E-state index in [0.717, 1.165) is 25.7 Å². The number of hydrogen-bond acceptors (Lipinski definition) is 1. The Kier molecular flexibility index (Phi) is 2.99. The number of carbonyl (C=O) groups is 1. The Hall–Kier alpha value is -0.530. The summed E-state index contributed by atoms with van der Waals surface area (Å²) in [7, 11) is 0. The second-order valence-corrected chi connectivity index (χ2v) is 5.02. The lowest BCUT2D eigenvalue weighted by atomic mass is 9.66. The van der Waals surface area contributed by atoms with Crippen molar-refractivity contribution in [1.29, 1.82) is 0 Å². The molecule has 0 aliphatic heterocycles. The molecule has 1 rings (SSSR count). The Bertz CT molecular complexity index is 196. The topological polar surface area (TPSA) is 37.3 Å². The molecule has 1 fully saturated rings. The van der Waals surface area contributed by atoms with Gasteiger partial charge in [-0.1, -0.05) is 27.2 Å². The highest BCUT2D eigenvalue weighted by Gasteiger charge is 2.37. The average molecular weight is 184 g/mol. The second-order valence-electron chi connectivity index (χ2n) is 5.02. The van der Waals surface area contributed by atoms with Gasteiger partial charge in [-0.2, -0.15) is 0 Å². The number of carboxylic acid groups (broad SMARTS) is 1. The molecular formula is C11H20O2. The molecule has 1 N–H and O–H groups in total. The van der Waals surface area contributed by atoms with Gasteiger partial charge >= 0.3 is 5.97 Å². The quantitative estimate of drug-likeness (QED) is 0.716. The molecule has 13 heavy (non-hydrogen) atoms. The minimum absolute atomic E-state index is 0.0852. The number of carboxylic acids is 1. The summed E-state index contributed by atoms with van der Waals surface area (Å²) in [4.78, 5) is 10.9. The molecule has 2 heteroatoms. The first-order valence-electron chi connectivity index (χ1n) is 5.19.